The summed E-state index contributed by atoms with van der Waals surface area (Å²) in [6, 6.07) is 0. The van der Waals surface area contributed by atoms with Crippen LogP contribution < -0.4 is 15.5 Å². The zero-order valence-corrected chi connectivity index (χ0v) is 14.3. The summed E-state index contributed by atoms with van der Waals surface area (Å²) in [5.41, 5.74) is 1.10. The van der Waals surface area contributed by atoms with E-state index in [9.17, 15) is 0 Å². The predicted molar refractivity (Wildman–Crippen MR) is 91.3 cm³/mol. The van der Waals surface area contributed by atoms with Gasteiger partial charge in [0, 0.05) is 34.7 Å². The Morgan fingerprint density at radius 3 is 2.68 bits per heavy atom. The summed E-state index contributed by atoms with van der Waals surface area (Å²) in [5, 5.41) is 6.34. The summed E-state index contributed by atoms with van der Waals surface area (Å²) in [5.74, 6) is 1.68. The number of rotatable bonds is 5. The average molecular weight is 378 g/mol. The van der Waals surface area contributed by atoms with Gasteiger partial charge in [-0.1, -0.05) is 6.08 Å². The van der Waals surface area contributed by atoms with Crippen LogP contribution in [0.3, 0.4) is 0 Å². The van der Waals surface area contributed by atoms with Crippen LogP contribution >= 0.6 is 24.0 Å². The van der Waals surface area contributed by atoms with Gasteiger partial charge in [0.15, 0.2) is 5.96 Å². The van der Waals surface area contributed by atoms with E-state index in [0.29, 0.717) is 13.1 Å². The minimum absolute atomic E-state index is 0. The van der Waals surface area contributed by atoms with Crippen molar-refractivity contribution in [3.63, 3.8) is 0 Å². The Labute approximate surface area is 132 Å². The molecule has 0 aliphatic carbocycles. The summed E-state index contributed by atoms with van der Waals surface area (Å²) >= 11 is 0. The molecule has 108 valence electrons. The maximum atomic E-state index is 4.35. The topological polar surface area (TPSA) is 57.5 Å². The summed E-state index contributed by atoms with van der Waals surface area (Å²) in [7, 11) is 7.69. The van der Waals surface area contributed by atoms with Gasteiger partial charge in [-0.15, -0.1) is 30.6 Å². The summed E-state index contributed by atoms with van der Waals surface area (Å²) < 4.78 is 2.05. The first kappa shape index (κ1) is 17.8. The van der Waals surface area contributed by atoms with E-state index in [1.807, 2.05) is 36.8 Å². The van der Waals surface area contributed by atoms with E-state index in [4.69, 9.17) is 0 Å². The maximum Gasteiger partial charge on any atom is 0.204 e. The number of guanidine groups is 1. The molecule has 19 heavy (non-hydrogen) atoms. The molecule has 0 atom stereocenters. The molecule has 1 aromatic rings. The van der Waals surface area contributed by atoms with Gasteiger partial charge in [-0.25, -0.2) is 4.98 Å². The number of halogens is 1. The van der Waals surface area contributed by atoms with Gasteiger partial charge in [-0.2, -0.15) is 0 Å². The third-order valence-corrected chi connectivity index (χ3v) is 2.53. The molecule has 1 heterocycles. The fourth-order valence-corrected chi connectivity index (χ4v) is 1.58. The van der Waals surface area contributed by atoms with Crippen molar-refractivity contribution in [1.29, 1.82) is 0 Å². The van der Waals surface area contributed by atoms with Crippen molar-refractivity contribution in [3.05, 3.63) is 24.5 Å². The Morgan fingerprint density at radius 1 is 1.53 bits per heavy atom. The second-order valence-corrected chi connectivity index (χ2v) is 4.10. The number of aromatic nitrogens is 2. The van der Waals surface area contributed by atoms with E-state index >= 15 is 0 Å². The van der Waals surface area contributed by atoms with Gasteiger partial charge in [-0.05, 0) is 0 Å². The van der Waals surface area contributed by atoms with E-state index in [1.165, 1.54) is 0 Å². The summed E-state index contributed by atoms with van der Waals surface area (Å²) in [6.45, 7) is 5.02. The normalized spacial score (nSPS) is 10.6. The molecule has 0 amide bonds. The van der Waals surface area contributed by atoms with Crippen LogP contribution in [0.2, 0.25) is 0 Å². The smallest absolute Gasteiger partial charge is 0.204 e. The summed E-state index contributed by atoms with van der Waals surface area (Å²) in [4.78, 5) is 10.5. The first-order chi connectivity index (χ1) is 8.60. The Bertz CT molecular complexity index is 424. The molecule has 0 radical (unpaired) electrons. The molecule has 2 N–H and O–H groups in total. The average Bonchev–Trinajstić information content (AvgIpc) is 2.71. The highest BCUT2D eigenvalue weighted by atomic mass is 127. The van der Waals surface area contributed by atoms with Crippen molar-refractivity contribution >= 4 is 35.9 Å². The lowest BCUT2D eigenvalue weighted by atomic mass is 10.4. The van der Waals surface area contributed by atoms with Gasteiger partial charge in [0.25, 0.3) is 0 Å². The largest absolute Gasteiger partial charge is 0.353 e. The van der Waals surface area contributed by atoms with Gasteiger partial charge in [0.1, 0.15) is 0 Å². The fraction of sp³-hybridized carbons (Fsp3) is 0.500. The molecule has 0 unspecified atom stereocenters. The maximum absolute atomic E-state index is 4.35. The highest BCUT2D eigenvalue weighted by Crippen LogP contribution is 2.10. The van der Waals surface area contributed by atoms with Crippen molar-refractivity contribution in [2.24, 2.45) is 12.0 Å². The molecule has 0 aliphatic rings. The van der Waals surface area contributed by atoms with E-state index in [0.717, 1.165) is 17.6 Å². The molecular weight excluding hydrogens is 355 g/mol. The predicted octanol–water partition coefficient (Wildman–Crippen LogP) is 0.955. The molecule has 0 aliphatic heterocycles. The zero-order chi connectivity index (χ0) is 13.5. The van der Waals surface area contributed by atoms with Crippen LogP contribution in [-0.4, -0.2) is 43.2 Å². The second kappa shape index (κ2) is 8.78. The van der Waals surface area contributed by atoms with Crippen LogP contribution in [0.5, 0.6) is 0 Å². The number of hydrogen-bond donors (Lipinski definition) is 2. The number of hydrogen-bond acceptors (Lipinski definition) is 3. The minimum Gasteiger partial charge on any atom is -0.353 e. The molecule has 0 spiro atoms. The Morgan fingerprint density at radius 2 is 2.21 bits per heavy atom. The number of nitrogens with zero attached hydrogens (tertiary/aromatic N) is 4. The van der Waals surface area contributed by atoms with Crippen LogP contribution in [0.4, 0.5) is 5.95 Å². The SMILES string of the molecule is C=CCNC(=NC)NCc1cnc(N(C)C)n1C.I. The lowest BCUT2D eigenvalue weighted by Crippen LogP contribution is -2.37. The molecule has 7 heteroatoms. The van der Waals surface area contributed by atoms with Gasteiger partial charge >= 0.3 is 0 Å². The second-order valence-electron chi connectivity index (χ2n) is 4.10. The van der Waals surface area contributed by atoms with Crippen LogP contribution in [0, 0.1) is 0 Å². The van der Waals surface area contributed by atoms with Gasteiger partial charge < -0.3 is 20.1 Å². The molecular formula is C12H23IN6. The number of nitrogens with one attached hydrogen (secondary N) is 2. The van der Waals surface area contributed by atoms with Crippen molar-refractivity contribution in [3.8, 4) is 0 Å². The molecule has 0 aromatic carbocycles. The monoisotopic (exact) mass is 378 g/mol. The number of imidazole rings is 1. The van der Waals surface area contributed by atoms with Gasteiger partial charge in [0.2, 0.25) is 5.95 Å². The molecule has 1 aromatic heterocycles. The van der Waals surface area contributed by atoms with Crippen molar-refractivity contribution in [2.45, 2.75) is 6.54 Å². The molecule has 0 saturated heterocycles. The first-order valence-corrected chi connectivity index (χ1v) is 5.83. The van der Waals surface area contributed by atoms with Gasteiger partial charge in [-0.3, -0.25) is 4.99 Å². The third-order valence-electron chi connectivity index (χ3n) is 2.53. The van der Waals surface area contributed by atoms with Crippen LogP contribution in [0.1, 0.15) is 5.69 Å². The van der Waals surface area contributed by atoms with Crippen LogP contribution in [-0.2, 0) is 13.6 Å². The van der Waals surface area contributed by atoms with Crippen molar-refractivity contribution < 1.29 is 0 Å². The summed E-state index contributed by atoms with van der Waals surface area (Å²) in [6.07, 6.45) is 3.66. The lowest BCUT2D eigenvalue weighted by molar-refractivity contribution is 0.753. The molecule has 6 nitrogen and oxygen atoms in total. The quantitative estimate of drug-likeness (QED) is 0.347. The van der Waals surface area contributed by atoms with Crippen molar-refractivity contribution in [2.75, 3.05) is 32.6 Å². The molecule has 0 fully saturated rings. The molecule has 1 rings (SSSR count). The van der Waals surface area contributed by atoms with Crippen LogP contribution in [0.15, 0.2) is 23.8 Å². The third kappa shape index (κ3) is 5.09. The van der Waals surface area contributed by atoms with Crippen LogP contribution in [0.25, 0.3) is 0 Å². The van der Waals surface area contributed by atoms with Crippen molar-refractivity contribution in [1.82, 2.24) is 20.2 Å². The standard InChI is InChI=1S/C12H22N6.HI/c1-6-7-14-11(13-2)15-8-10-9-16-12(17(3)4)18(10)5;/h6,9H,1,7-8H2,2-5H3,(H2,13,14,15);1H. The van der Waals surface area contributed by atoms with E-state index < -0.39 is 0 Å². The first-order valence-electron chi connectivity index (χ1n) is 5.83. The zero-order valence-electron chi connectivity index (χ0n) is 12.0. The number of anilines is 1. The lowest BCUT2D eigenvalue weighted by Gasteiger charge is -2.14. The Kier molecular flexibility index (Phi) is 8.21. The molecule has 0 bridgehead atoms. The van der Waals surface area contributed by atoms with Gasteiger partial charge in [0.05, 0.1) is 18.4 Å². The Balaban J connectivity index is 0.00000324. The van der Waals surface area contributed by atoms with E-state index in [-0.39, 0.29) is 24.0 Å². The van der Waals surface area contributed by atoms with E-state index in [1.54, 1.807) is 13.1 Å². The molecule has 0 saturated carbocycles. The highest BCUT2D eigenvalue weighted by molar-refractivity contribution is 14.0. The Hall–Kier alpha value is -1.25. The fourth-order valence-electron chi connectivity index (χ4n) is 1.58. The highest BCUT2D eigenvalue weighted by Gasteiger charge is 2.08. The minimum atomic E-state index is 0. The number of aliphatic imine (C=N–C) groups is 1. The van der Waals surface area contributed by atoms with E-state index in [2.05, 4.69) is 27.2 Å².